The first-order valence-corrected chi connectivity index (χ1v) is 15.7. The zero-order valence-electron chi connectivity index (χ0n) is 5.61. The van der Waals surface area contributed by atoms with Gasteiger partial charge in [-0.1, -0.05) is 6.08 Å². The Bertz CT molecular complexity index is 125. The van der Waals surface area contributed by atoms with Crippen LogP contribution in [0.15, 0.2) is 42.5 Å². The second-order valence-corrected chi connectivity index (χ2v) is 18.1. The van der Waals surface area contributed by atoms with E-state index in [1.165, 1.54) is 0 Å². The van der Waals surface area contributed by atoms with Gasteiger partial charge >= 0.3 is 49.9 Å². The fourth-order valence-corrected chi connectivity index (χ4v) is 0.470. The van der Waals surface area contributed by atoms with Crippen LogP contribution in [-0.4, -0.2) is 0 Å². The molecule has 0 fully saturated rings. The van der Waals surface area contributed by atoms with Gasteiger partial charge in [-0.2, -0.15) is 30.4 Å². The Morgan fingerprint density at radius 3 is 2.18 bits per heavy atom. The zero-order valence-corrected chi connectivity index (χ0v) is 12.2. The second kappa shape index (κ2) is 11.1. The van der Waals surface area contributed by atoms with Crippen molar-refractivity contribution in [3.05, 3.63) is 48.6 Å². The summed E-state index contributed by atoms with van der Waals surface area (Å²) in [7, 11) is 0. The van der Waals surface area contributed by atoms with E-state index in [4.69, 9.17) is 0 Å². The Labute approximate surface area is 97.1 Å². The van der Waals surface area contributed by atoms with Crippen LogP contribution in [0.5, 0.6) is 0 Å². The molecule has 0 nitrogen and oxygen atoms in total. The van der Waals surface area contributed by atoms with E-state index < -0.39 is 0 Å². The standard InChI is InChI=1S/C8H7.2HI.Pt/c1-2-4-6-8-7-5-3-1;;;/h1-7H;2*1H;/q-1;;;+2/p-2. The number of halogens is 2. The average molecular weight is 552 g/mol. The van der Waals surface area contributed by atoms with Crippen LogP contribution in [0.2, 0.25) is 0 Å². The molecule has 1 aliphatic rings. The van der Waals surface area contributed by atoms with Crippen LogP contribution < -0.4 is 0 Å². The molecule has 0 aromatic rings. The van der Waals surface area contributed by atoms with Gasteiger partial charge in [-0.3, -0.25) is 0 Å². The van der Waals surface area contributed by atoms with Gasteiger partial charge in [0.1, 0.15) is 0 Å². The van der Waals surface area contributed by atoms with E-state index in [1.54, 1.807) is 0 Å². The van der Waals surface area contributed by atoms with E-state index >= 15 is 0 Å². The predicted molar refractivity (Wildman–Crippen MR) is 63.3 cm³/mol. The molecule has 3 heteroatoms. The molecule has 0 amide bonds. The molecular formula is C8H7I2Pt-. The van der Waals surface area contributed by atoms with E-state index in [1.807, 2.05) is 42.5 Å². The molecule has 0 atom stereocenters. The van der Waals surface area contributed by atoms with Crippen LogP contribution in [0.1, 0.15) is 0 Å². The Hall–Kier alpha value is 1.11. The van der Waals surface area contributed by atoms with Crippen molar-refractivity contribution >= 4 is 38.7 Å². The molecule has 1 aliphatic carbocycles. The van der Waals surface area contributed by atoms with Crippen LogP contribution in [0.3, 0.4) is 0 Å². The van der Waals surface area contributed by atoms with Gasteiger partial charge in [-0.25, -0.2) is 0 Å². The normalized spacial score (nSPS) is 13.6. The Morgan fingerprint density at radius 2 is 1.45 bits per heavy atom. The van der Waals surface area contributed by atoms with Crippen LogP contribution in [0, 0.1) is 6.08 Å². The van der Waals surface area contributed by atoms with Gasteiger partial charge in [0, 0.05) is 0 Å². The maximum atomic E-state index is 2.94. The van der Waals surface area contributed by atoms with Crippen molar-refractivity contribution in [1.82, 2.24) is 0 Å². The predicted octanol–water partition coefficient (Wildman–Crippen LogP) is 3.80. The fourth-order valence-electron chi connectivity index (χ4n) is 0.470. The van der Waals surface area contributed by atoms with Gasteiger partial charge in [0.15, 0.2) is 0 Å². The summed E-state index contributed by atoms with van der Waals surface area (Å²) in [6.07, 6.45) is 16.5. The average Bonchev–Trinajstić information content (AvgIpc) is 1.86. The van der Waals surface area contributed by atoms with Crippen molar-refractivity contribution in [2.45, 2.75) is 0 Å². The van der Waals surface area contributed by atoms with Crippen LogP contribution >= 0.6 is 38.7 Å². The van der Waals surface area contributed by atoms with Crippen LogP contribution in [-0.2, 0) is 11.2 Å². The Balaban J connectivity index is 0.000000292. The van der Waals surface area contributed by atoms with Crippen molar-refractivity contribution in [3.63, 3.8) is 0 Å². The first-order valence-electron chi connectivity index (χ1n) is 2.82. The van der Waals surface area contributed by atoms with Gasteiger partial charge < -0.3 is 0 Å². The first kappa shape index (κ1) is 12.1. The van der Waals surface area contributed by atoms with Crippen LogP contribution in [0.25, 0.3) is 0 Å². The van der Waals surface area contributed by atoms with Crippen LogP contribution in [0.4, 0.5) is 0 Å². The molecule has 64 valence electrons. The molecule has 0 aromatic carbocycles. The fraction of sp³-hybridized carbons (Fsp3) is 0. The van der Waals surface area contributed by atoms with Gasteiger partial charge in [0.05, 0.1) is 0 Å². The molecule has 11 heavy (non-hydrogen) atoms. The van der Waals surface area contributed by atoms with Crippen molar-refractivity contribution in [3.8, 4) is 0 Å². The third-order valence-electron chi connectivity index (χ3n) is 0.829. The summed E-state index contributed by atoms with van der Waals surface area (Å²) in [5, 5.41) is 0. The Kier molecular flexibility index (Phi) is 12.2. The summed E-state index contributed by atoms with van der Waals surface area (Å²) in [6, 6.07) is 0. The molecule has 0 bridgehead atoms. The minimum absolute atomic E-state index is 0.523. The molecular weight excluding hydrogens is 545 g/mol. The van der Waals surface area contributed by atoms with Crippen molar-refractivity contribution in [2.24, 2.45) is 0 Å². The molecule has 0 unspecified atom stereocenters. The quantitative estimate of drug-likeness (QED) is 0.317. The van der Waals surface area contributed by atoms with E-state index in [0.717, 1.165) is 0 Å². The molecule has 0 saturated heterocycles. The van der Waals surface area contributed by atoms with E-state index in [-0.39, 0.29) is 0 Å². The molecule has 0 aromatic heterocycles. The van der Waals surface area contributed by atoms with Crippen molar-refractivity contribution < 1.29 is 11.2 Å². The minimum atomic E-state index is 0.523. The maximum absolute atomic E-state index is 2.94. The molecule has 0 heterocycles. The Morgan fingerprint density at radius 1 is 0.909 bits per heavy atom. The monoisotopic (exact) mass is 552 g/mol. The van der Waals surface area contributed by atoms with E-state index in [9.17, 15) is 0 Å². The summed E-state index contributed by atoms with van der Waals surface area (Å²) in [5.41, 5.74) is 0. The third-order valence-corrected chi connectivity index (χ3v) is 0.829. The van der Waals surface area contributed by atoms with Gasteiger partial charge in [0.2, 0.25) is 0 Å². The van der Waals surface area contributed by atoms with E-state index in [0.29, 0.717) is 11.2 Å². The SMILES string of the molecule is [C-]1=CC=CC=CC=C1.[I][Pt][I]. The number of hydrogen-bond acceptors (Lipinski definition) is 0. The molecule has 0 aliphatic heterocycles. The van der Waals surface area contributed by atoms with Gasteiger partial charge in [-0.05, 0) is 0 Å². The summed E-state index contributed by atoms with van der Waals surface area (Å²) in [6.45, 7) is 0. The zero-order chi connectivity index (χ0) is 8.36. The number of hydrogen-bond donors (Lipinski definition) is 0. The molecule has 0 N–H and O–H groups in total. The van der Waals surface area contributed by atoms with Gasteiger partial charge in [0.25, 0.3) is 0 Å². The summed E-state index contributed by atoms with van der Waals surface area (Å²) in [4.78, 5) is 0. The van der Waals surface area contributed by atoms with Crippen molar-refractivity contribution in [2.75, 3.05) is 0 Å². The van der Waals surface area contributed by atoms with Gasteiger partial charge in [-0.15, -0.1) is 12.2 Å². The molecule has 1 rings (SSSR count). The third kappa shape index (κ3) is 11.1. The van der Waals surface area contributed by atoms with E-state index in [2.05, 4.69) is 44.8 Å². The second-order valence-electron chi connectivity index (χ2n) is 1.51. The summed E-state index contributed by atoms with van der Waals surface area (Å²) in [5.74, 6) is 0. The molecule has 0 spiro atoms. The first-order chi connectivity index (χ1) is 5.41. The van der Waals surface area contributed by atoms with Crippen molar-refractivity contribution in [1.29, 1.82) is 0 Å². The molecule has 0 radical (unpaired) electrons. The molecule has 0 saturated carbocycles. The summed E-state index contributed by atoms with van der Waals surface area (Å²) < 4.78 is 0. The number of rotatable bonds is 0. The summed E-state index contributed by atoms with van der Waals surface area (Å²) >= 11 is 5.30. The number of allylic oxidation sites excluding steroid dienone is 8. The topological polar surface area (TPSA) is 0 Å².